The zero-order valence-corrected chi connectivity index (χ0v) is 25.6. The molecule has 0 aromatic heterocycles. The molecule has 0 bridgehead atoms. The van der Waals surface area contributed by atoms with Gasteiger partial charge in [-0.3, -0.25) is 13.9 Å². The molecule has 0 aliphatic heterocycles. The highest BCUT2D eigenvalue weighted by molar-refractivity contribution is 7.92. The molecule has 0 saturated carbocycles. The zero-order valence-electron chi connectivity index (χ0n) is 24.8. The number of carbonyl (C=O) groups is 2. The van der Waals surface area contributed by atoms with Gasteiger partial charge in [-0.05, 0) is 69.0 Å². The molecule has 41 heavy (non-hydrogen) atoms. The lowest BCUT2D eigenvalue weighted by Crippen LogP contribution is -2.53. The van der Waals surface area contributed by atoms with Gasteiger partial charge in [0.2, 0.25) is 11.8 Å². The van der Waals surface area contributed by atoms with E-state index in [-0.39, 0.29) is 29.1 Å². The summed E-state index contributed by atoms with van der Waals surface area (Å²) < 4.78 is 34.5. The van der Waals surface area contributed by atoms with Crippen LogP contribution in [0.25, 0.3) is 0 Å². The molecule has 0 radical (unpaired) electrons. The molecular formula is C32H41N3O5S. The maximum Gasteiger partial charge on any atom is 0.264 e. The molecule has 2 atom stereocenters. The predicted octanol–water partition coefficient (Wildman–Crippen LogP) is 5.23. The fraction of sp³-hybridized carbons (Fsp3) is 0.375. The number of amides is 2. The first-order valence-electron chi connectivity index (χ1n) is 13.9. The Morgan fingerprint density at radius 3 is 2.22 bits per heavy atom. The number of methoxy groups -OCH3 is 1. The fourth-order valence-corrected chi connectivity index (χ4v) is 5.87. The van der Waals surface area contributed by atoms with Crippen LogP contribution >= 0.6 is 0 Å². The first-order valence-corrected chi connectivity index (χ1v) is 15.3. The Morgan fingerprint density at radius 2 is 1.61 bits per heavy atom. The summed E-state index contributed by atoms with van der Waals surface area (Å²) in [5.41, 5.74) is 3.05. The third kappa shape index (κ3) is 7.88. The Balaban J connectivity index is 2.09. The van der Waals surface area contributed by atoms with E-state index in [2.05, 4.69) is 5.32 Å². The minimum absolute atomic E-state index is 0.0609. The minimum Gasteiger partial charge on any atom is -0.497 e. The molecule has 0 spiro atoms. The highest BCUT2D eigenvalue weighted by Gasteiger charge is 2.34. The third-order valence-electron chi connectivity index (χ3n) is 7.22. The van der Waals surface area contributed by atoms with Crippen molar-refractivity contribution < 1.29 is 22.7 Å². The first kappa shape index (κ1) is 31.7. The van der Waals surface area contributed by atoms with Crippen molar-refractivity contribution in [1.82, 2.24) is 10.2 Å². The second-order valence-corrected chi connectivity index (χ2v) is 12.1. The lowest BCUT2D eigenvalue weighted by atomic mass is 10.1. The Hall–Kier alpha value is -3.85. The lowest BCUT2D eigenvalue weighted by Gasteiger charge is -2.34. The molecule has 0 aliphatic carbocycles. The van der Waals surface area contributed by atoms with Gasteiger partial charge in [-0.25, -0.2) is 8.42 Å². The highest BCUT2D eigenvalue weighted by atomic mass is 32.2. The SMILES string of the molecule is CC[C@@H](C)NC(=O)[C@@H](CC)N(Cc1ccccc1C)C(=O)CN(c1cccc(OC)c1)S(=O)(=O)c1ccc(C)cc1. The van der Waals surface area contributed by atoms with Crippen LogP contribution in [0.15, 0.2) is 77.7 Å². The van der Waals surface area contributed by atoms with Crippen LogP contribution in [0.5, 0.6) is 5.75 Å². The molecule has 3 aromatic rings. The Morgan fingerprint density at radius 1 is 0.927 bits per heavy atom. The number of carbonyl (C=O) groups excluding carboxylic acids is 2. The monoisotopic (exact) mass is 579 g/mol. The molecule has 220 valence electrons. The van der Waals surface area contributed by atoms with Gasteiger partial charge in [0, 0.05) is 18.7 Å². The van der Waals surface area contributed by atoms with Crippen molar-refractivity contribution >= 4 is 27.5 Å². The Kier molecular flexibility index (Phi) is 10.9. The molecule has 0 aliphatic rings. The summed E-state index contributed by atoms with van der Waals surface area (Å²) in [5, 5.41) is 3.00. The van der Waals surface area contributed by atoms with Crippen molar-refractivity contribution in [3.8, 4) is 5.75 Å². The Labute approximate surface area is 244 Å². The maximum absolute atomic E-state index is 14.2. The molecule has 3 aromatic carbocycles. The molecule has 0 saturated heterocycles. The van der Waals surface area contributed by atoms with Gasteiger partial charge in [-0.2, -0.15) is 0 Å². The molecular weight excluding hydrogens is 538 g/mol. The van der Waals surface area contributed by atoms with E-state index < -0.39 is 28.5 Å². The molecule has 3 rings (SSSR count). The highest BCUT2D eigenvalue weighted by Crippen LogP contribution is 2.28. The topological polar surface area (TPSA) is 96.0 Å². The van der Waals surface area contributed by atoms with Gasteiger partial charge in [0.1, 0.15) is 18.3 Å². The van der Waals surface area contributed by atoms with Gasteiger partial charge >= 0.3 is 0 Å². The quantitative estimate of drug-likeness (QED) is 0.299. The van der Waals surface area contributed by atoms with Gasteiger partial charge in [0.05, 0.1) is 17.7 Å². The molecule has 9 heteroatoms. The van der Waals surface area contributed by atoms with Crippen molar-refractivity contribution in [3.63, 3.8) is 0 Å². The van der Waals surface area contributed by atoms with Crippen LogP contribution in [0.2, 0.25) is 0 Å². The third-order valence-corrected chi connectivity index (χ3v) is 9.01. The largest absolute Gasteiger partial charge is 0.497 e. The van der Waals surface area contributed by atoms with E-state index >= 15 is 0 Å². The average Bonchev–Trinajstić information content (AvgIpc) is 2.96. The van der Waals surface area contributed by atoms with Crippen molar-refractivity contribution in [3.05, 3.63) is 89.5 Å². The first-order chi connectivity index (χ1) is 19.5. The second-order valence-electron chi connectivity index (χ2n) is 10.2. The van der Waals surface area contributed by atoms with E-state index in [9.17, 15) is 18.0 Å². The van der Waals surface area contributed by atoms with Crippen molar-refractivity contribution in [1.29, 1.82) is 0 Å². The summed E-state index contributed by atoms with van der Waals surface area (Å²) in [6.07, 6.45) is 1.11. The number of nitrogens with zero attached hydrogens (tertiary/aromatic N) is 2. The van der Waals surface area contributed by atoms with E-state index in [1.165, 1.54) is 24.1 Å². The van der Waals surface area contributed by atoms with Gasteiger partial charge in [-0.1, -0.05) is 61.9 Å². The summed E-state index contributed by atoms with van der Waals surface area (Å²) in [6.45, 7) is 9.22. The van der Waals surface area contributed by atoms with E-state index in [0.29, 0.717) is 12.2 Å². The number of sulfonamides is 1. The van der Waals surface area contributed by atoms with Crippen LogP contribution in [-0.4, -0.2) is 50.9 Å². The summed E-state index contributed by atoms with van der Waals surface area (Å²) in [5.74, 6) is -0.300. The van der Waals surface area contributed by atoms with E-state index in [0.717, 1.165) is 27.4 Å². The number of hydrogen-bond acceptors (Lipinski definition) is 5. The van der Waals surface area contributed by atoms with Gasteiger partial charge < -0.3 is 15.0 Å². The summed E-state index contributed by atoms with van der Waals surface area (Å²) in [7, 11) is -2.66. The van der Waals surface area contributed by atoms with Crippen LogP contribution in [0.1, 0.15) is 50.3 Å². The zero-order chi connectivity index (χ0) is 30.2. The van der Waals surface area contributed by atoms with Crippen LogP contribution in [-0.2, 0) is 26.2 Å². The van der Waals surface area contributed by atoms with E-state index in [1.54, 1.807) is 36.4 Å². The number of ether oxygens (including phenoxy) is 1. The van der Waals surface area contributed by atoms with Crippen LogP contribution in [0, 0.1) is 13.8 Å². The molecule has 2 amide bonds. The summed E-state index contributed by atoms with van der Waals surface area (Å²) >= 11 is 0. The maximum atomic E-state index is 14.2. The number of hydrogen-bond donors (Lipinski definition) is 1. The van der Waals surface area contributed by atoms with Crippen LogP contribution in [0.3, 0.4) is 0 Å². The van der Waals surface area contributed by atoms with Crippen LogP contribution in [0.4, 0.5) is 5.69 Å². The van der Waals surface area contributed by atoms with Gasteiger partial charge in [0.15, 0.2) is 0 Å². The number of rotatable bonds is 13. The summed E-state index contributed by atoms with van der Waals surface area (Å²) in [6, 6.07) is 19.9. The van der Waals surface area contributed by atoms with Gasteiger partial charge in [0.25, 0.3) is 10.0 Å². The van der Waals surface area contributed by atoms with Crippen molar-refractivity contribution in [2.24, 2.45) is 0 Å². The summed E-state index contributed by atoms with van der Waals surface area (Å²) in [4.78, 5) is 29.2. The standard InChI is InChI=1S/C32H41N3O5S/c1-7-25(5)33-32(37)30(8-2)34(21-26-13-10-9-12-24(26)4)31(36)22-35(27-14-11-15-28(20-27)40-6)41(38,39)29-18-16-23(3)17-19-29/h9-20,25,30H,7-8,21-22H2,1-6H3,(H,33,37)/t25-,30-/m1/s1. The predicted molar refractivity (Wildman–Crippen MR) is 162 cm³/mol. The average molecular weight is 580 g/mol. The van der Waals surface area contributed by atoms with Crippen molar-refractivity contribution in [2.45, 2.75) is 71.0 Å². The molecule has 0 fully saturated rings. The lowest BCUT2D eigenvalue weighted by molar-refractivity contribution is -0.140. The second kappa shape index (κ2) is 14.2. The molecule has 0 unspecified atom stereocenters. The number of benzene rings is 3. The number of anilines is 1. The smallest absolute Gasteiger partial charge is 0.264 e. The molecule has 1 N–H and O–H groups in total. The fourth-order valence-electron chi connectivity index (χ4n) is 4.46. The Bertz CT molecular complexity index is 1440. The van der Waals surface area contributed by atoms with Crippen molar-refractivity contribution in [2.75, 3.05) is 18.0 Å². The van der Waals surface area contributed by atoms with E-state index in [4.69, 9.17) is 4.74 Å². The minimum atomic E-state index is -4.15. The number of aryl methyl sites for hydroxylation is 2. The normalized spacial score (nSPS) is 12.7. The molecule has 0 heterocycles. The van der Waals surface area contributed by atoms with Crippen LogP contribution < -0.4 is 14.4 Å². The van der Waals surface area contributed by atoms with Gasteiger partial charge in [-0.15, -0.1) is 0 Å². The van der Waals surface area contributed by atoms with E-state index in [1.807, 2.05) is 58.9 Å². The molecule has 8 nitrogen and oxygen atoms in total. The number of nitrogens with one attached hydrogen (secondary N) is 1.